The third-order valence-corrected chi connectivity index (χ3v) is 3.14. The van der Waals surface area contributed by atoms with Gasteiger partial charge in [0.2, 0.25) is 4.77 Å². The Bertz CT molecular complexity index is 626. The van der Waals surface area contributed by atoms with Crippen molar-refractivity contribution in [3.05, 3.63) is 40.4 Å². The first-order chi connectivity index (χ1) is 9.10. The van der Waals surface area contributed by atoms with E-state index < -0.39 is 0 Å². The van der Waals surface area contributed by atoms with Gasteiger partial charge >= 0.3 is 0 Å². The molecule has 1 aromatic carbocycles. The monoisotopic (exact) mass is 293 g/mol. The van der Waals surface area contributed by atoms with Gasteiger partial charge in [-0.25, -0.2) is 4.68 Å². The van der Waals surface area contributed by atoms with Crippen molar-refractivity contribution in [2.24, 2.45) is 0 Å². The van der Waals surface area contributed by atoms with Gasteiger partial charge in [0.05, 0.1) is 0 Å². The number of aromatic amines is 1. The summed E-state index contributed by atoms with van der Waals surface area (Å²) in [5, 5.41) is 10.2. The first kappa shape index (κ1) is 13.7. The second kappa shape index (κ2) is 5.94. The van der Waals surface area contributed by atoms with Crippen LogP contribution in [0.3, 0.4) is 0 Å². The SMILES string of the molecule is CCc1ccc(NC(=S)Nn2c(C)n[nH]c2=S)cc1. The maximum atomic E-state index is 5.23. The number of rotatable bonds is 3. The number of thiocarbonyl (C=S) groups is 1. The van der Waals surface area contributed by atoms with Crippen LogP contribution in [0.25, 0.3) is 0 Å². The summed E-state index contributed by atoms with van der Waals surface area (Å²) in [5.74, 6) is 0.718. The van der Waals surface area contributed by atoms with Crippen LogP contribution >= 0.6 is 24.4 Å². The Hall–Kier alpha value is -1.73. The molecule has 0 radical (unpaired) electrons. The average molecular weight is 293 g/mol. The van der Waals surface area contributed by atoms with Crippen molar-refractivity contribution < 1.29 is 0 Å². The molecule has 100 valence electrons. The van der Waals surface area contributed by atoms with E-state index in [1.54, 1.807) is 4.68 Å². The molecule has 19 heavy (non-hydrogen) atoms. The van der Waals surface area contributed by atoms with Crippen LogP contribution < -0.4 is 10.7 Å². The molecule has 0 unspecified atom stereocenters. The van der Waals surface area contributed by atoms with E-state index in [9.17, 15) is 0 Å². The summed E-state index contributed by atoms with van der Waals surface area (Å²) in [6.45, 7) is 3.95. The fourth-order valence-electron chi connectivity index (χ4n) is 1.59. The highest BCUT2D eigenvalue weighted by Crippen LogP contribution is 2.09. The molecular weight excluding hydrogens is 278 g/mol. The zero-order chi connectivity index (χ0) is 13.8. The van der Waals surface area contributed by atoms with E-state index in [1.807, 2.05) is 19.1 Å². The highest BCUT2D eigenvalue weighted by Gasteiger charge is 2.03. The second-order valence-electron chi connectivity index (χ2n) is 4.03. The van der Waals surface area contributed by atoms with Crippen molar-refractivity contribution in [1.82, 2.24) is 14.9 Å². The number of aryl methyl sites for hydroxylation is 2. The minimum Gasteiger partial charge on any atom is -0.331 e. The minimum absolute atomic E-state index is 0.463. The summed E-state index contributed by atoms with van der Waals surface area (Å²) in [7, 11) is 0. The van der Waals surface area contributed by atoms with Gasteiger partial charge in [0, 0.05) is 5.69 Å². The van der Waals surface area contributed by atoms with Crippen molar-refractivity contribution in [1.29, 1.82) is 0 Å². The minimum atomic E-state index is 0.463. The van der Waals surface area contributed by atoms with E-state index in [4.69, 9.17) is 24.4 Å². The quantitative estimate of drug-likeness (QED) is 0.760. The zero-order valence-electron chi connectivity index (χ0n) is 10.7. The molecule has 1 heterocycles. The van der Waals surface area contributed by atoms with Gasteiger partial charge in [0.1, 0.15) is 5.82 Å². The summed E-state index contributed by atoms with van der Waals surface area (Å²) in [4.78, 5) is 0. The van der Waals surface area contributed by atoms with Gasteiger partial charge in [-0.05, 0) is 55.5 Å². The van der Waals surface area contributed by atoms with Gasteiger partial charge in [-0.2, -0.15) is 5.10 Å². The lowest BCUT2D eigenvalue weighted by atomic mass is 10.1. The molecule has 1 aromatic heterocycles. The molecule has 0 saturated heterocycles. The van der Waals surface area contributed by atoms with Gasteiger partial charge in [0.15, 0.2) is 5.11 Å². The molecule has 0 atom stereocenters. The molecule has 2 aromatic rings. The Morgan fingerprint density at radius 3 is 2.58 bits per heavy atom. The summed E-state index contributed by atoms with van der Waals surface area (Å²) in [6.07, 6.45) is 1.02. The molecule has 0 fully saturated rings. The maximum absolute atomic E-state index is 5.23. The van der Waals surface area contributed by atoms with Gasteiger partial charge in [0.25, 0.3) is 0 Å². The Kier molecular flexibility index (Phi) is 4.28. The Morgan fingerprint density at radius 2 is 2.05 bits per heavy atom. The number of hydrogen-bond donors (Lipinski definition) is 3. The molecule has 0 aliphatic rings. The summed E-state index contributed by atoms with van der Waals surface area (Å²) < 4.78 is 2.09. The van der Waals surface area contributed by atoms with Crippen LogP contribution in [0.15, 0.2) is 24.3 Å². The van der Waals surface area contributed by atoms with Crippen LogP contribution in [0.2, 0.25) is 0 Å². The van der Waals surface area contributed by atoms with Gasteiger partial charge in [-0.3, -0.25) is 10.5 Å². The molecule has 0 bridgehead atoms. The molecular formula is C12H15N5S2. The third kappa shape index (κ3) is 3.39. The van der Waals surface area contributed by atoms with Crippen molar-refractivity contribution in [2.45, 2.75) is 20.3 Å². The van der Waals surface area contributed by atoms with Crippen molar-refractivity contribution in [2.75, 3.05) is 10.7 Å². The summed E-state index contributed by atoms with van der Waals surface area (Å²) in [6, 6.07) is 8.13. The van der Waals surface area contributed by atoms with Crippen LogP contribution in [-0.2, 0) is 6.42 Å². The molecule has 0 aliphatic carbocycles. The zero-order valence-corrected chi connectivity index (χ0v) is 12.4. The van der Waals surface area contributed by atoms with Gasteiger partial charge in [-0.15, -0.1) is 0 Å². The first-order valence-corrected chi connectivity index (χ1v) is 6.72. The molecule has 7 heteroatoms. The number of H-pyrrole nitrogens is 1. The number of hydrogen-bond acceptors (Lipinski definition) is 3. The van der Waals surface area contributed by atoms with Crippen molar-refractivity contribution in [3.8, 4) is 0 Å². The Morgan fingerprint density at radius 1 is 1.37 bits per heavy atom. The summed E-state index contributed by atoms with van der Waals surface area (Å²) >= 11 is 10.3. The van der Waals surface area contributed by atoms with Crippen molar-refractivity contribution >= 4 is 35.2 Å². The van der Waals surface area contributed by atoms with E-state index in [-0.39, 0.29) is 0 Å². The standard InChI is InChI=1S/C12H15N5S2/c1-3-9-4-6-10(7-5-9)13-11(18)16-17-8(2)14-15-12(17)19/h4-7H,3H2,1-2H3,(H,15,19)(H2,13,16,18). The Balaban J connectivity index is 2.03. The third-order valence-electron chi connectivity index (χ3n) is 2.67. The fraction of sp³-hybridized carbons (Fsp3) is 0.250. The van der Waals surface area contributed by atoms with E-state index in [0.717, 1.165) is 17.9 Å². The van der Waals surface area contributed by atoms with Crippen LogP contribution in [-0.4, -0.2) is 20.0 Å². The van der Waals surface area contributed by atoms with Gasteiger partial charge in [-0.1, -0.05) is 19.1 Å². The lowest BCUT2D eigenvalue weighted by molar-refractivity contribution is 0.900. The highest BCUT2D eigenvalue weighted by atomic mass is 32.1. The van der Waals surface area contributed by atoms with E-state index in [0.29, 0.717) is 9.88 Å². The predicted octanol–water partition coefficient (Wildman–Crippen LogP) is 2.75. The molecule has 3 N–H and O–H groups in total. The first-order valence-electron chi connectivity index (χ1n) is 5.91. The normalized spacial score (nSPS) is 10.2. The largest absolute Gasteiger partial charge is 0.331 e. The maximum Gasteiger partial charge on any atom is 0.214 e. The molecule has 2 rings (SSSR count). The van der Waals surface area contributed by atoms with Crippen LogP contribution in [0.4, 0.5) is 5.69 Å². The average Bonchev–Trinajstić information content (AvgIpc) is 2.71. The van der Waals surface area contributed by atoms with Crippen LogP contribution in [0.1, 0.15) is 18.3 Å². The highest BCUT2D eigenvalue weighted by molar-refractivity contribution is 7.80. The topological polar surface area (TPSA) is 57.7 Å². The number of anilines is 1. The van der Waals surface area contributed by atoms with Crippen molar-refractivity contribution in [3.63, 3.8) is 0 Å². The molecule has 0 spiro atoms. The molecule has 0 saturated carbocycles. The lowest BCUT2D eigenvalue weighted by Gasteiger charge is -2.11. The number of aromatic nitrogens is 3. The lowest BCUT2D eigenvalue weighted by Crippen LogP contribution is -2.28. The van der Waals surface area contributed by atoms with Crippen LogP contribution in [0.5, 0.6) is 0 Å². The number of benzene rings is 1. The smallest absolute Gasteiger partial charge is 0.214 e. The Labute approximate surface area is 122 Å². The predicted molar refractivity (Wildman–Crippen MR) is 83.6 cm³/mol. The fourth-order valence-corrected chi connectivity index (χ4v) is 2.02. The number of nitrogens with one attached hydrogen (secondary N) is 3. The second-order valence-corrected chi connectivity index (χ2v) is 4.82. The molecule has 0 amide bonds. The van der Waals surface area contributed by atoms with Crippen LogP contribution in [0, 0.1) is 11.7 Å². The summed E-state index contributed by atoms with van der Waals surface area (Å²) in [5.41, 5.74) is 5.20. The molecule has 5 nitrogen and oxygen atoms in total. The van der Waals surface area contributed by atoms with Gasteiger partial charge < -0.3 is 5.32 Å². The van der Waals surface area contributed by atoms with E-state index in [2.05, 4.69) is 40.0 Å². The van der Waals surface area contributed by atoms with E-state index in [1.165, 1.54) is 5.56 Å². The van der Waals surface area contributed by atoms with E-state index >= 15 is 0 Å². The molecule has 0 aliphatic heterocycles. The number of nitrogens with zero attached hydrogens (tertiary/aromatic N) is 2.